The van der Waals surface area contributed by atoms with Gasteiger partial charge in [-0.05, 0) is 37.3 Å². The number of carbonyl (C=O) groups excluding carboxylic acids is 1. The molecule has 0 aromatic heterocycles. The van der Waals surface area contributed by atoms with Crippen molar-refractivity contribution in [2.24, 2.45) is 11.7 Å². The van der Waals surface area contributed by atoms with E-state index in [4.69, 9.17) is 25.5 Å². The van der Waals surface area contributed by atoms with Gasteiger partial charge in [-0.25, -0.2) is 9.59 Å². The van der Waals surface area contributed by atoms with Gasteiger partial charge in [-0.15, -0.1) is 0 Å². The van der Waals surface area contributed by atoms with Gasteiger partial charge >= 0.3 is 11.9 Å². The van der Waals surface area contributed by atoms with Gasteiger partial charge in [0.2, 0.25) is 5.91 Å². The van der Waals surface area contributed by atoms with E-state index in [1.165, 1.54) is 38.5 Å². The monoisotopic (exact) mass is 448 g/mol. The van der Waals surface area contributed by atoms with Crippen molar-refractivity contribution in [1.29, 1.82) is 0 Å². The first-order valence-corrected chi connectivity index (χ1v) is 11.9. The number of unbranched alkanes of at least 4 members (excludes halogenated alkanes) is 6. The third kappa shape index (κ3) is 8.26. The normalized spacial score (nSPS) is 18.9. The lowest BCUT2D eigenvalue weighted by Gasteiger charge is -2.29. The van der Waals surface area contributed by atoms with E-state index in [9.17, 15) is 4.79 Å². The first-order valence-electron chi connectivity index (χ1n) is 11.9. The number of rotatable bonds is 13. The van der Waals surface area contributed by atoms with E-state index in [1.807, 2.05) is 18.2 Å². The molecule has 180 valence electrons. The van der Waals surface area contributed by atoms with Gasteiger partial charge in [0.25, 0.3) is 0 Å². The standard InChI is InChI=1S/C23H38N2O.C2H2O4/c1-3-5-7-12-16-25(17-13-8-6-4-2)22(26)23(18-21(23)19-24)20-14-10-9-11-15-20;3-1(4)2(5)6/h9-11,14-15,21H,3-8,12-13,16-19,24H2,1-2H3;(H,3,4)(H,5,6)/t21-,23-;/m0./s1. The number of carboxylic acids is 2. The second kappa shape index (κ2) is 14.6. The van der Waals surface area contributed by atoms with Crippen molar-refractivity contribution in [1.82, 2.24) is 4.90 Å². The minimum Gasteiger partial charge on any atom is -0.473 e. The summed E-state index contributed by atoms with van der Waals surface area (Å²) in [4.78, 5) is 34.0. The van der Waals surface area contributed by atoms with Crippen LogP contribution in [0, 0.1) is 5.92 Å². The third-order valence-corrected chi connectivity index (χ3v) is 6.09. The molecule has 1 amide bonds. The molecule has 2 atom stereocenters. The van der Waals surface area contributed by atoms with Crippen molar-refractivity contribution >= 4 is 17.8 Å². The second-order valence-corrected chi connectivity index (χ2v) is 8.50. The van der Waals surface area contributed by atoms with Crippen LogP contribution in [0.4, 0.5) is 0 Å². The highest BCUT2D eigenvalue weighted by atomic mass is 16.4. The van der Waals surface area contributed by atoms with Crippen LogP contribution >= 0.6 is 0 Å². The first kappa shape index (κ1) is 27.6. The van der Waals surface area contributed by atoms with E-state index in [1.54, 1.807) is 0 Å². The summed E-state index contributed by atoms with van der Waals surface area (Å²) in [5.41, 5.74) is 6.80. The molecule has 1 fully saturated rings. The Kier molecular flexibility index (Phi) is 12.6. The maximum Gasteiger partial charge on any atom is 0.414 e. The topological polar surface area (TPSA) is 121 Å². The number of hydrogen-bond donors (Lipinski definition) is 3. The van der Waals surface area contributed by atoms with E-state index in [2.05, 4.69) is 30.9 Å². The Hall–Kier alpha value is -2.41. The Morgan fingerprint density at radius 2 is 1.41 bits per heavy atom. The Morgan fingerprint density at radius 1 is 0.906 bits per heavy atom. The summed E-state index contributed by atoms with van der Waals surface area (Å²) in [6.07, 6.45) is 10.5. The van der Waals surface area contributed by atoms with Crippen molar-refractivity contribution < 1.29 is 24.6 Å². The summed E-state index contributed by atoms with van der Waals surface area (Å²) < 4.78 is 0. The van der Waals surface area contributed by atoms with Crippen LogP contribution in [0.15, 0.2) is 30.3 Å². The number of aliphatic carboxylic acids is 2. The Labute approximate surface area is 192 Å². The van der Waals surface area contributed by atoms with Crippen molar-refractivity contribution in [3.63, 3.8) is 0 Å². The molecule has 0 radical (unpaired) electrons. The predicted octanol–water partition coefficient (Wildman–Crippen LogP) is 4.05. The molecular formula is C25H40N2O5. The van der Waals surface area contributed by atoms with Gasteiger partial charge in [0, 0.05) is 13.1 Å². The Morgan fingerprint density at radius 3 is 1.78 bits per heavy atom. The largest absolute Gasteiger partial charge is 0.473 e. The summed E-state index contributed by atoms with van der Waals surface area (Å²) in [5, 5.41) is 14.8. The Balaban J connectivity index is 0.000000751. The van der Waals surface area contributed by atoms with E-state index >= 15 is 0 Å². The maximum absolute atomic E-state index is 13.6. The van der Waals surface area contributed by atoms with Crippen molar-refractivity contribution in [3.05, 3.63) is 35.9 Å². The van der Waals surface area contributed by atoms with Gasteiger partial charge in [0.1, 0.15) is 0 Å². The van der Waals surface area contributed by atoms with E-state index in [0.29, 0.717) is 18.4 Å². The summed E-state index contributed by atoms with van der Waals surface area (Å²) in [6.45, 7) is 6.86. The van der Waals surface area contributed by atoms with Crippen LogP contribution in [0.3, 0.4) is 0 Å². The summed E-state index contributed by atoms with van der Waals surface area (Å²) in [7, 11) is 0. The van der Waals surface area contributed by atoms with Crippen molar-refractivity contribution in [2.45, 2.75) is 77.0 Å². The molecule has 0 spiro atoms. The molecule has 0 aliphatic heterocycles. The molecule has 0 heterocycles. The van der Waals surface area contributed by atoms with Crippen molar-refractivity contribution in [3.8, 4) is 0 Å². The third-order valence-electron chi connectivity index (χ3n) is 6.09. The van der Waals surface area contributed by atoms with Crippen LogP contribution < -0.4 is 5.73 Å². The second-order valence-electron chi connectivity index (χ2n) is 8.50. The van der Waals surface area contributed by atoms with Gasteiger partial charge in [0.15, 0.2) is 0 Å². The molecule has 0 unspecified atom stereocenters. The molecule has 1 saturated carbocycles. The first-order chi connectivity index (χ1) is 15.3. The number of amides is 1. The number of carboxylic acid groups (broad SMARTS) is 2. The van der Waals surface area contributed by atoms with Gasteiger partial charge in [0.05, 0.1) is 5.41 Å². The summed E-state index contributed by atoms with van der Waals surface area (Å²) in [5.74, 6) is -3.02. The molecule has 1 aromatic carbocycles. The average molecular weight is 449 g/mol. The molecular weight excluding hydrogens is 408 g/mol. The molecule has 32 heavy (non-hydrogen) atoms. The molecule has 0 bridgehead atoms. The lowest BCUT2D eigenvalue weighted by atomic mass is 9.91. The highest BCUT2D eigenvalue weighted by Gasteiger charge is 2.61. The molecule has 1 aliphatic carbocycles. The molecule has 7 heteroatoms. The zero-order valence-electron chi connectivity index (χ0n) is 19.6. The van der Waals surface area contributed by atoms with Gasteiger partial charge in [-0.3, -0.25) is 4.79 Å². The number of carbonyl (C=O) groups is 3. The highest BCUT2D eigenvalue weighted by Crippen LogP contribution is 2.55. The highest BCUT2D eigenvalue weighted by molar-refractivity contribution is 6.27. The van der Waals surface area contributed by atoms with Gasteiger partial charge < -0.3 is 20.8 Å². The van der Waals surface area contributed by atoms with E-state index in [0.717, 1.165) is 37.9 Å². The zero-order chi connectivity index (χ0) is 24.0. The smallest absolute Gasteiger partial charge is 0.414 e. The fourth-order valence-electron chi connectivity index (χ4n) is 4.14. The molecule has 7 nitrogen and oxygen atoms in total. The van der Waals surface area contributed by atoms with Crippen LogP contribution in [-0.2, 0) is 19.8 Å². The zero-order valence-corrected chi connectivity index (χ0v) is 19.6. The number of nitrogens with zero attached hydrogens (tertiary/aromatic N) is 1. The Bertz CT molecular complexity index is 686. The quantitative estimate of drug-likeness (QED) is 0.309. The fraction of sp³-hybridized carbons (Fsp3) is 0.640. The fourth-order valence-corrected chi connectivity index (χ4v) is 4.14. The molecule has 1 aliphatic rings. The molecule has 2 rings (SSSR count). The number of nitrogens with two attached hydrogens (primary N) is 1. The predicted molar refractivity (Wildman–Crippen MR) is 125 cm³/mol. The summed E-state index contributed by atoms with van der Waals surface area (Å²) in [6, 6.07) is 10.3. The van der Waals surface area contributed by atoms with E-state index in [-0.39, 0.29) is 5.41 Å². The van der Waals surface area contributed by atoms with Crippen LogP contribution in [0.5, 0.6) is 0 Å². The van der Waals surface area contributed by atoms with Crippen LogP contribution in [0.2, 0.25) is 0 Å². The van der Waals surface area contributed by atoms with Gasteiger partial charge in [-0.1, -0.05) is 82.7 Å². The number of hydrogen-bond acceptors (Lipinski definition) is 4. The van der Waals surface area contributed by atoms with Crippen LogP contribution in [-0.4, -0.2) is 52.6 Å². The lowest BCUT2D eigenvalue weighted by molar-refractivity contribution is -0.159. The molecule has 0 saturated heterocycles. The minimum absolute atomic E-state index is 0.297. The van der Waals surface area contributed by atoms with Crippen LogP contribution in [0.1, 0.15) is 77.2 Å². The maximum atomic E-state index is 13.6. The minimum atomic E-state index is -1.82. The summed E-state index contributed by atoms with van der Waals surface area (Å²) >= 11 is 0. The van der Waals surface area contributed by atoms with Crippen LogP contribution in [0.25, 0.3) is 0 Å². The molecule has 4 N–H and O–H groups in total. The molecule has 1 aromatic rings. The van der Waals surface area contributed by atoms with Gasteiger partial charge in [-0.2, -0.15) is 0 Å². The average Bonchev–Trinajstić information content (AvgIpc) is 3.54. The SMILES string of the molecule is CCCCCCN(CCCCCC)C(=O)[C@]1(c2ccccc2)C[C@H]1CN.O=C(O)C(=O)O. The number of benzene rings is 1. The lowest BCUT2D eigenvalue weighted by Crippen LogP contribution is -2.42. The van der Waals surface area contributed by atoms with E-state index < -0.39 is 11.9 Å². The van der Waals surface area contributed by atoms with Crippen molar-refractivity contribution in [2.75, 3.05) is 19.6 Å².